The molecule has 0 aliphatic heterocycles. The van der Waals surface area contributed by atoms with Gasteiger partial charge in [0.25, 0.3) is 0 Å². The number of hydrogen-bond donors (Lipinski definition) is 4. The normalized spacial score (nSPS) is 14.3. The van der Waals surface area contributed by atoms with Gasteiger partial charge in [0.05, 0.1) is 0 Å². The number of nitrogen functional groups attached to an aromatic ring is 1. The van der Waals surface area contributed by atoms with Crippen LogP contribution in [0.4, 0.5) is 11.8 Å². The fraction of sp³-hybridized carbons (Fsp3) is 0.600. The van der Waals surface area contributed by atoms with E-state index in [4.69, 9.17) is 10.9 Å². The Balaban J connectivity index is 2.79. The van der Waals surface area contributed by atoms with Gasteiger partial charge in [-0.2, -0.15) is 4.98 Å². The van der Waals surface area contributed by atoms with Gasteiger partial charge < -0.3 is 10.4 Å². The number of hydrazine groups is 1. The van der Waals surface area contributed by atoms with Crippen molar-refractivity contribution >= 4 is 11.8 Å². The zero-order chi connectivity index (χ0) is 12.1. The second-order valence-electron chi connectivity index (χ2n) is 3.96. The SMILES string of the molecule is Cc1cnc(NN)nc1NC(C)C(C)CO. The Labute approximate surface area is 95.3 Å². The van der Waals surface area contributed by atoms with Crippen molar-refractivity contribution in [1.29, 1.82) is 0 Å². The highest BCUT2D eigenvalue weighted by atomic mass is 16.3. The third-order valence-electron chi connectivity index (χ3n) is 2.61. The summed E-state index contributed by atoms with van der Waals surface area (Å²) < 4.78 is 0. The predicted molar refractivity (Wildman–Crippen MR) is 63.9 cm³/mol. The Bertz CT molecular complexity index is 344. The molecule has 5 N–H and O–H groups in total. The highest BCUT2D eigenvalue weighted by Gasteiger charge is 2.13. The molecule has 0 amide bonds. The molecule has 6 heteroatoms. The van der Waals surface area contributed by atoms with Crippen LogP contribution in [0, 0.1) is 12.8 Å². The van der Waals surface area contributed by atoms with Gasteiger partial charge in [-0.3, -0.25) is 5.43 Å². The van der Waals surface area contributed by atoms with Gasteiger partial charge in [-0.05, 0) is 19.8 Å². The van der Waals surface area contributed by atoms with Gasteiger partial charge in [0.15, 0.2) is 0 Å². The Kier molecular flexibility index (Phi) is 4.45. The predicted octanol–water partition coefficient (Wildman–Crippen LogP) is 0.499. The van der Waals surface area contributed by atoms with Crippen LogP contribution in [0.2, 0.25) is 0 Å². The lowest BCUT2D eigenvalue weighted by molar-refractivity contribution is 0.226. The van der Waals surface area contributed by atoms with E-state index < -0.39 is 0 Å². The average Bonchev–Trinajstić information content (AvgIpc) is 2.30. The molecular formula is C10H19N5O. The van der Waals surface area contributed by atoms with Crippen LogP contribution in [0.15, 0.2) is 6.20 Å². The van der Waals surface area contributed by atoms with E-state index in [0.717, 1.165) is 11.4 Å². The van der Waals surface area contributed by atoms with Crippen LogP contribution in [0.5, 0.6) is 0 Å². The van der Waals surface area contributed by atoms with Crippen LogP contribution >= 0.6 is 0 Å². The minimum Gasteiger partial charge on any atom is -0.396 e. The maximum Gasteiger partial charge on any atom is 0.239 e. The highest BCUT2D eigenvalue weighted by Crippen LogP contribution is 2.15. The van der Waals surface area contributed by atoms with Crippen LogP contribution in [0.1, 0.15) is 19.4 Å². The molecule has 1 aromatic rings. The Morgan fingerprint density at radius 2 is 2.19 bits per heavy atom. The molecule has 0 bridgehead atoms. The van der Waals surface area contributed by atoms with Gasteiger partial charge in [0.2, 0.25) is 5.95 Å². The summed E-state index contributed by atoms with van der Waals surface area (Å²) in [6.45, 7) is 6.02. The third kappa shape index (κ3) is 3.04. The first-order valence-corrected chi connectivity index (χ1v) is 5.26. The summed E-state index contributed by atoms with van der Waals surface area (Å²) >= 11 is 0. The van der Waals surface area contributed by atoms with E-state index in [0.29, 0.717) is 5.95 Å². The van der Waals surface area contributed by atoms with Crippen molar-refractivity contribution in [3.8, 4) is 0 Å². The standard InChI is InChI=1S/C10H19N5O/c1-6-4-12-10(15-11)14-9(6)13-8(3)7(2)5-16/h4,7-8,16H,5,11H2,1-3H3,(H2,12,13,14,15). The monoisotopic (exact) mass is 225 g/mol. The molecule has 0 aliphatic rings. The smallest absolute Gasteiger partial charge is 0.239 e. The summed E-state index contributed by atoms with van der Waals surface area (Å²) in [5, 5.41) is 12.3. The maximum absolute atomic E-state index is 9.05. The van der Waals surface area contributed by atoms with Crippen LogP contribution in [0.3, 0.4) is 0 Å². The quantitative estimate of drug-likeness (QED) is 0.430. The summed E-state index contributed by atoms with van der Waals surface area (Å²) in [5.74, 6) is 6.50. The third-order valence-corrected chi connectivity index (χ3v) is 2.61. The molecule has 2 unspecified atom stereocenters. The van der Waals surface area contributed by atoms with Crippen molar-refractivity contribution < 1.29 is 5.11 Å². The zero-order valence-electron chi connectivity index (χ0n) is 9.86. The van der Waals surface area contributed by atoms with E-state index in [-0.39, 0.29) is 18.6 Å². The second kappa shape index (κ2) is 5.62. The summed E-state index contributed by atoms with van der Waals surface area (Å²) in [4.78, 5) is 8.20. The maximum atomic E-state index is 9.05. The van der Waals surface area contributed by atoms with Gasteiger partial charge in [-0.15, -0.1) is 0 Å². The number of aliphatic hydroxyl groups excluding tert-OH is 1. The van der Waals surface area contributed by atoms with Crippen LogP contribution in [-0.2, 0) is 0 Å². The van der Waals surface area contributed by atoms with E-state index in [1.165, 1.54) is 0 Å². The van der Waals surface area contributed by atoms with E-state index in [9.17, 15) is 0 Å². The number of hydrogen-bond acceptors (Lipinski definition) is 6. The van der Waals surface area contributed by atoms with E-state index in [1.807, 2.05) is 20.8 Å². The topological polar surface area (TPSA) is 96.1 Å². The summed E-state index contributed by atoms with van der Waals surface area (Å²) in [6, 6.07) is 0.129. The molecule has 0 radical (unpaired) electrons. The lowest BCUT2D eigenvalue weighted by atomic mass is 10.1. The van der Waals surface area contributed by atoms with Gasteiger partial charge in [0, 0.05) is 24.4 Å². The van der Waals surface area contributed by atoms with Crippen molar-refractivity contribution in [2.45, 2.75) is 26.8 Å². The number of aliphatic hydroxyl groups is 1. The molecule has 0 fully saturated rings. The first-order valence-electron chi connectivity index (χ1n) is 5.26. The average molecular weight is 225 g/mol. The van der Waals surface area contributed by atoms with Gasteiger partial charge in [0.1, 0.15) is 5.82 Å². The minimum atomic E-state index is 0.129. The summed E-state index contributed by atoms with van der Waals surface area (Å²) in [5.41, 5.74) is 3.34. The largest absolute Gasteiger partial charge is 0.396 e. The molecule has 2 atom stereocenters. The first-order chi connectivity index (χ1) is 7.58. The molecule has 0 saturated carbocycles. The van der Waals surface area contributed by atoms with Gasteiger partial charge in [-0.25, -0.2) is 10.8 Å². The Hall–Kier alpha value is -1.40. The molecule has 1 rings (SSSR count). The molecule has 1 heterocycles. The van der Waals surface area contributed by atoms with Crippen molar-refractivity contribution in [2.75, 3.05) is 17.3 Å². The fourth-order valence-corrected chi connectivity index (χ4v) is 1.17. The number of rotatable bonds is 5. The number of anilines is 2. The minimum absolute atomic E-state index is 0.129. The number of nitrogens with two attached hydrogens (primary N) is 1. The second-order valence-corrected chi connectivity index (χ2v) is 3.96. The molecule has 6 nitrogen and oxygen atoms in total. The number of aromatic nitrogens is 2. The lowest BCUT2D eigenvalue weighted by Crippen LogP contribution is -2.27. The van der Waals surface area contributed by atoms with Crippen LogP contribution < -0.4 is 16.6 Å². The molecule has 0 spiro atoms. The summed E-state index contributed by atoms with van der Waals surface area (Å²) in [7, 11) is 0. The molecule has 0 aliphatic carbocycles. The van der Waals surface area contributed by atoms with Crippen molar-refractivity contribution in [1.82, 2.24) is 9.97 Å². The number of nitrogens with one attached hydrogen (secondary N) is 2. The molecule has 0 saturated heterocycles. The van der Waals surface area contributed by atoms with Crippen molar-refractivity contribution in [2.24, 2.45) is 11.8 Å². The Morgan fingerprint density at radius 1 is 1.50 bits per heavy atom. The van der Waals surface area contributed by atoms with Crippen molar-refractivity contribution in [3.05, 3.63) is 11.8 Å². The molecule has 1 aromatic heterocycles. The lowest BCUT2D eigenvalue weighted by Gasteiger charge is -2.21. The Morgan fingerprint density at radius 3 is 2.75 bits per heavy atom. The molecule has 0 aromatic carbocycles. The number of aryl methyl sites for hydroxylation is 1. The number of nitrogens with zero attached hydrogens (tertiary/aromatic N) is 2. The molecule has 90 valence electrons. The van der Waals surface area contributed by atoms with Crippen molar-refractivity contribution in [3.63, 3.8) is 0 Å². The highest BCUT2D eigenvalue weighted by molar-refractivity contribution is 5.46. The first kappa shape index (κ1) is 12.7. The van der Waals surface area contributed by atoms with E-state index >= 15 is 0 Å². The fourth-order valence-electron chi connectivity index (χ4n) is 1.17. The van der Waals surface area contributed by atoms with E-state index in [1.54, 1.807) is 6.20 Å². The van der Waals surface area contributed by atoms with Crippen LogP contribution in [0.25, 0.3) is 0 Å². The molecular weight excluding hydrogens is 206 g/mol. The van der Waals surface area contributed by atoms with Gasteiger partial charge >= 0.3 is 0 Å². The molecule has 16 heavy (non-hydrogen) atoms. The van der Waals surface area contributed by atoms with E-state index in [2.05, 4.69) is 20.7 Å². The van der Waals surface area contributed by atoms with Gasteiger partial charge in [-0.1, -0.05) is 6.92 Å². The van der Waals surface area contributed by atoms with Crippen LogP contribution in [-0.4, -0.2) is 27.7 Å². The zero-order valence-corrected chi connectivity index (χ0v) is 9.86. The summed E-state index contributed by atoms with van der Waals surface area (Å²) in [6.07, 6.45) is 1.70.